The highest BCUT2D eigenvalue weighted by molar-refractivity contribution is 5.76. The Bertz CT molecular complexity index is 80.5. The minimum atomic E-state index is -0.0325. The molecule has 0 spiro atoms. The number of rotatable bonds is 2. The SMILES string of the molecule is CNC(=O)CC(C)N. The smallest absolute Gasteiger partial charge is 0.221 e. The molecule has 3 nitrogen and oxygen atoms in total. The van der Waals surface area contributed by atoms with Gasteiger partial charge in [0.15, 0.2) is 0 Å². The summed E-state index contributed by atoms with van der Waals surface area (Å²) in [6, 6.07) is -0.0325. The Labute approximate surface area is 49.3 Å². The third-order valence-electron chi connectivity index (χ3n) is 0.786. The van der Waals surface area contributed by atoms with Crippen LogP contribution < -0.4 is 11.1 Å². The van der Waals surface area contributed by atoms with Crippen molar-refractivity contribution in [1.82, 2.24) is 5.32 Å². The normalized spacial score (nSPS) is 12.9. The number of carbonyl (C=O) groups is 1. The lowest BCUT2D eigenvalue weighted by atomic mass is 10.2. The maximum atomic E-state index is 10.4. The summed E-state index contributed by atoms with van der Waals surface area (Å²) < 4.78 is 0. The van der Waals surface area contributed by atoms with Crippen LogP contribution in [0.25, 0.3) is 0 Å². The molecule has 8 heavy (non-hydrogen) atoms. The largest absolute Gasteiger partial charge is 0.359 e. The van der Waals surface area contributed by atoms with Gasteiger partial charge < -0.3 is 11.1 Å². The van der Waals surface area contributed by atoms with Gasteiger partial charge in [-0.3, -0.25) is 4.79 Å². The number of nitrogens with two attached hydrogens (primary N) is 1. The summed E-state index contributed by atoms with van der Waals surface area (Å²) in [4.78, 5) is 10.4. The maximum absolute atomic E-state index is 10.4. The Morgan fingerprint density at radius 3 is 2.50 bits per heavy atom. The van der Waals surface area contributed by atoms with Crippen LogP contribution in [0.3, 0.4) is 0 Å². The number of hydrogen-bond donors (Lipinski definition) is 2. The van der Waals surface area contributed by atoms with Crippen molar-refractivity contribution in [2.24, 2.45) is 5.73 Å². The Kier molecular flexibility index (Phi) is 3.19. The van der Waals surface area contributed by atoms with E-state index in [0.29, 0.717) is 6.42 Å². The van der Waals surface area contributed by atoms with Crippen molar-refractivity contribution in [3.8, 4) is 0 Å². The van der Waals surface area contributed by atoms with Crippen molar-refractivity contribution in [1.29, 1.82) is 0 Å². The van der Waals surface area contributed by atoms with Crippen LogP contribution in [0.15, 0.2) is 0 Å². The first-order valence-corrected chi connectivity index (χ1v) is 2.63. The van der Waals surface area contributed by atoms with Crippen molar-refractivity contribution in [2.45, 2.75) is 19.4 Å². The van der Waals surface area contributed by atoms with E-state index < -0.39 is 0 Å². The van der Waals surface area contributed by atoms with E-state index in [2.05, 4.69) is 5.32 Å². The third-order valence-corrected chi connectivity index (χ3v) is 0.786. The molecule has 0 aromatic carbocycles. The Morgan fingerprint density at radius 2 is 2.38 bits per heavy atom. The van der Waals surface area contributed by atoms with Crippen LogP contribution in [0.5, 0.6) is 0 Å². The van der Waals surface area contributed by atoms with Crippen molar-refractivity contribution >= 4 is 5.91 Å². The summed E-state index contributed by atoms with van der Waals surface area (Å²) in [6.45, 7) is 1.80. The molecule has 1 atom stereocenters. The van der Waals surface area contributed by atoms with Crippen LogP contribution in [0.1, 0.15) is 13.3 Å². The first kappa shape index (κ1) is 7.43. The molecule has 0 saturated carbocycles. The Hall–Kier alpha value is -0.570. The Balaban J connectivity index is 3.25. The molecule has 0 aliphatic rings. The highest BCUT2D eigenvalue weighted by Crippen LogP contribution is 1.82. The fraction of sp³-hybridized carbons (Fsp3) is 0.800. The number of amides is 1. The molecule has 48 valence electrons. The van der Waals surface area contributed by atoms with Gasteiger partial charge in [0, 0.05) is 19.5 Å². The zero-order valence-electron chi connectivity index (χ0n) is 5.27. The van der Waals surface area contributed by atoms with E-state index in [1.54, 1.807) is 14.0 Å². The molecule has 0 aliphatic carbocycles. The van der Waals surface area contributed by atoms with Gasteiger partial charge in [0.05, 0.1) is 0 Å². The lowest BCUT2D eigenvalue weighted by Crippen LogP contribution is -2.26. The summed E-state index contributed by atoms with van der Waals surface area (Å²) in [5, 5.41) is 2.48. The van der Waals surface area contributed by atoms with Crippen molar-refractivity contribution in [2.75, 3.05) is 7.05 Å². The Morgan fingerprint density at radius 1 is 1.88 bits per heavy atom. The van der Waals surface area contributed by atoms with Crippen molar-refractivity contribution in [3.63, 3.8) is 0 Å². The van der Waals surface area contributed by atoms with Gasteiger partial charge in [-0.1, -0.05) is 0 Å². The van der Waals surface area contributed by atoms with Gasteiger partial charge in [-0.2, -0.15) is 0 Å². The standard InChI is InChI=1S/C5H12N2O/c1-4(6)3-5(8)7-2/h4H,3,6H2,1-2H3,(H,7,8). The van der Waals surface area contributed by atoms with E-state index in [-0.39, 0.29) is 11.9 Å². The molecule has 3 heteroatoms. The topological polar surface area (TPSA) is 55.1 Å². The fourth-order valence-corrected chi connectivity index (χ4v) is 0.394. The van der Waals surface area contributed by atoms with Gasteiger partial charge in [-0.05, 0) is 6.92 Å². The van der Waals surface area contributed by atoms with Crippen LogP contribution >= 0.6 is 0 Å². The van der Waals surface area contributed by atoms with Gasteiger partial charge in [-0.25, -0.2) is 0 Å². The van der Waals surface area contributed by atoms with E-state index in [0.717, 1.165) is 0 Å². The second-order valence-electron chi connectivity index (χ2n) is 1.85. The highest BCUT2D eigenvalue weighted by Gasteiger charge is 1.99. The second-order valence-corrected chi connectivity index (χ2v) is 1.85. The maximum Gasteiger partial charge on any atom is 0.221 e. The van der Waals surface area contributed by atoms with Crippen LogP contribution in [-0.4, -0.2) is 19.0 Å². The average Bonchev–Trinajstić information content (AvgIpc) is 1.65. The molecule has 0 aromatic heterocycles. The molecular weight excluding hydrogens is 104 g/mol. The molecule has 0 radical (unpaired) electrons. The minimum absolute atomic E-state index is 0.000000000000000222. The molecule has 3 N–H and O–H groups in total. The second kappa shape index (κ2) is 3.43. The minimum Gasteiger partial charge on any atom is -0.359 e. The molecule has 0 bridgehead atoms. The van der Waals surface area contributed by atoms with Gasteiger partial charge in [0.2, 0.25) is 5.91 Å². The van der Waals surface area contributed by atoms with Crippen LogP contribution in [-0.2, 0) is 4.79 Å². The number of carbonyl (C=O) groups excluding carboxylic acids is 1. The van der Waals surface area contributed by atoms with Gasteiger partial charge in [-0.15, -0.1) is 0 Å². The van der Waals surface area contributed by atoms with E-state index in [4.69, 9.17) is 5.73 Å². The molecule has 1 amide bonds. The lowest BCUT2D eigenvalue weighted by molar-refractivity contribution is -0.120. The molecule has 1 unspecified atom stereocenters. The molecule has 0 aliphatic heterocycles. The molecule has 0 heterocycles. The number of nitrogens with one attached hydrogen (secondary N) is 1. The predicted octanol–water partition coefficient (Wildman–Crippen LogP) is -0.530. The summed E-state index contributed by atoms with van der Waals surface area (Å²) in [5.41, 5.74) is 5.31. The van der Waals surface area contributed by atoms with Gasteiger partial charge in [0.1, 0.15) is 0 Å². The lowest BCUT2D eigenvalue weighted by Gasteiger charge is -2.00. The summed E-state index contributed by atoms with van der Waals surface area (Å²) >= 11 is 0. The van der Waals surface area contributed by atoms with E-state index >= 15 is 0 Å². The molecule has 0 rings (SSSR count). The molecule has 0 saturated heterocycles. The zero-order valence-corrected chi connectivity index (χ0v) is 5.27. The molecule has 0 fully saturated rings. The monoisotopic (exact) mass is 116 g/mol. The zero-order chi connectivity index (χ0) is 6.57. The van der Waals surface area contributed by atoms with Crippen LogP contribution in [0.4, 0.5) is 0 Å². The van der Waals surface area contributed by atoms with E-state index in [9.17, 15) is 4.79 Å². The molecule has 0 aromatic rings. The van der Waals surface area contributed by atoms with Gasteiger partial charge >= 0.3 is 0 Å². The van der Waals surface area contributed by atoms with E-state index in [1.807, 2.05) is 0 Å². The predicted molar refractivity (Wildman–Crippen MR) is 32.3 cm³/mol. The number of hydrogen-bond acceptors (Lipinski definition) is 2. The van der Waals surface area contributed by atoms with Crippen molar-refractivity contribution < 1.29 is 4.79 Å². The highest BCUT2D eigenvalue weighted by atomic mass is 16.1. The van der Waals surface area contributed by atoms with Crippen molar-refractivity contribution in [3.05, 3.63) is 0 Å². The summed E-state index contributed by atoms with van der Waals surface area (Å²) in [5.74, 6) is 0.000000000000000222. The summed E-state index contributed by atoms with van der Waals surface area (Å²) in [6.07, 6.45) is 0.413. The van der Waals surface area contributed by atoms with Crippen LogP contribution in [0.2, 0.25) is 0 Å². The molecular formula is C5H12N2O. The van der Waals surface area contributed by atoms with Crippen LogP contribution in [0, 0.1) is 0 Å². The van der Waals surface area contributed by atoms with Gasteiger partial charge in [0.25, 0.3) is 0 Å². The fourth-order valence-electron chi connectivity index (χ4n) is 0.394. The summed E-state index contributed by atoms with van der Waals surface area (Å²) in [7, 11) is 1.60. The quantitative estimate of drug-likeness (QED) is 0.509. The average molecular weight is 116 g/mol. The van der Waals surface area contributed by atoms with E-state index in [1.165, 1.54) is 0 Å². The first-order chi connectivity index (χ1) is 3.66. The third kappa shape index (κ3) is 3.61. The first-order valence-electron chi connectivity index (χ1n) is 2.63.